The van der Waals surface area contributed by atoms with Crippen molar-refractivity contribution in [3.8, 4) is 0 Å². The monoisotopic (exact) mass is 344 g/mol. The largest absolute Gasteiger partial charge is 0.469 e. The molecule has 3 aromatic rings. The molecule has 0 aliphatic rings. The van der Waals surface area contributed by atoms with Crippen LogP contribution in [0, 0.1) is 0 Å². The fraction of sp³-hybridized carbons (Fsp3) is 0.235. The van der Waals surface area contributed by atoms with Gasteiger partial charge in [0, 0.05) is 35.1 Å². The van der Waals surface area contributed by atoms with Crippen molar-refractivity contribution in [2.45, 2.75) is 25.9 Å². The highest BCUT2D eigenvalue weighted by atomic mass is 79.9. The van der Waals surface area contributed by atoms with E-state index in [1.807, 2.05) is 24.4 Å². The molecule has 21 heavy (non-hydrogen) atoms. The Morgan fingerprint density at radius 1 is 1.24 bits per heavy atom. The second-order valence-corrected chi connectivity index (χ2v) is 6.03. The predicted octanol–water partition coefficient (Wildman–Crippen LogP) is 4.31. The molecule has 3 rings (SSSR count). The normalized spacial score (nSPS) is 12.7. The summed E-state index contributed by atoms with van der Waals surface area (Å²) >= 11 is 3.58. The Balaban J connectivity index is 1.72. The van der Waals surface area contributed by atoms with Crippen LogP contribution >= 0.6 is 15.9 Å². The molecule has 3 nitrogen and oxygen atoms in total. The fourth-order valence-electron chi connectivity index (χ4n) is 2.43. The summed E-state index contributed by atoms with van der Waals surface area (Å²) in [4.78, 5) is 4.51. The van der Waals surface area contributed by atoms with E-state index in [2.05, 4.69) is 51.4 Å². The number of halogens is 1. The van der Waals surface area contributed by atoms with Crippen molar-refractivity contribution in [2.75, 3.05) is 0 Å². The average molecular weight is 345 g/mol. The number of furan rings is 1. The van der Waals surface area contributed by atoms with Gasteiger partial charge in [-0.15, -0.1) is 0 Å². The zero-order valence-electron chi connectivity index (χ0n) is 11.8. The quantitative estimate of drug-likeness (QED) is 0.749. The summed E-state index contributed by atoms with van der Waals surface area (Å²) in [7, 11) is 0. The van der Waals surface area contributed by atoms with Crippen molar-refractivity contribution in [3.63, 3.8) is 0 Å². The lowest BCUT2D eigenvalue weighted by atomic mass is 10.1. The highest BCUT2D eigenvalue weighted by molar-refractivity contribution is 9.10. The number of aromatic nitrogens is 1. The van der Waals surface area contributed by atoms with Crippen LogP contribution in [0.4, 0.5) is 0 Å². The van der Waals surface area contributed by atoms with Crippen LogP contribution < -0.4 is 5.32 Å². The standard InChI is InChI=1S/C17H17BrN2O/c1-12(10-14-4-3-9-21-14)20-11-13-6-7-16(18)15-5-2-8-19-17(13)15/h2-9,12,20H,10-11H2,1H3. The number of hydrogen-bond acceptors (Lipinski definition) is 3. The maximum atomic E-state index is 5.38. The summed E-state index contributed by atoms with van der Waals surface area (Å²) in [5, 5.41) is 4.68. The molecule has 0 saturated carbocycles. The van der Waals surface area contributed by atoms with E-state index < -0.39 is 0 Å². The summed E-state index contributed by atoms with van der Waals surface area (Å²) in [6.07, 6.45) is 4.44. The lowest BCUT2D eigenvalue weighted by Crippen LogP contribution is -2.27. The van der Waals surface area contributed by atoms with E-state index in [-0.39, 0.29) is 0 Å². The lowest BCUT2D eigenvalue weighted by Gasteiger charge is -2.14. The first-order valence-electron chi connectivity index (χ1n) is 7.02. The molecule has 1 atom stereocenters. The van der Waals surface area contributed by atoms with Crippen LogP contribution in [-0.2, 0) is 13.0 Å². The van der Waals surface area contributed by atoms with E-state index in [4.69, 9.17) is 4.42 Å². The van der Waals surface area contributed by atoms with Crippen molar-refractivity contribution in [3.05, 3.63) is 64.7 Å². The van der Waals surface area contributed by atoms with Crippen LogP contribution in [-0.4, -0.2) is 11.0 Å². The number of nitrogens with zero attached hydrogens (tertiary/aromatic N) is 1. The third-order valence-corrected chi connectivity index (χ3v) is 4.22. The highest BCUT2D eigenvalue weighted by Crippen LogP contribution is 2.25. The molecule has 0 fully saturated rings. The molecule has 2 aromatic heterocycles. The molecule has 1 unspecified atom stereocenters. The van der Waals surface area contributed by atoms with Gasteiger partial charge < -0.3 is 9.73 Å². The average Bonchev–Trinajstić information content (AvgIpc) is 3.00. The summed E-state index contributed by atoms with van der Waals surface area (Å²) in [6, 6.07) is 12.5. The van der Waals surface area contributed by atoms with Gasteiger partial charge in [0.25, 0.3) is 0 Å². The number of fused-ring (bicyclic) bond motifs is 1. The summed E-state index contributed by atoms with van der Waals surface area (Å²) in [5.74, 6) is 1.01. The van der Waals surface area contributed by atoms with Gasteiger partial charge in [-0.3, -0.25) is 4.98 Å². The minimum Gasteiger partial charge on any atom is -0.469 e. The van der Waals surface area contributed by atoms with Gasteiger partial charge >= 0.3 is 0 Å². The molecule has 0 spiro atoms. The van der Waals surface area contributed by atoms with Gasteiger partial charge in [0.2, 0.25) is 0 Å². The Kier molecular flexibility index (Phi) is 4.36. The zero-order chi connectivity index (χ0) is 14.7. The van der Waals surface area contributed by atoms with Crippen molar-refractivity contribution < 1.29 is 4.42 Å². The Bertz CT molecular complexity index is 725. The smallest absolute Gasteiger partial charge is 0.105 e. The number of benzene rings is 1. The van der Waals surface area contributed by atoms with Gasteiger partial charge in [-0.05, 0) is 36.8 Å². The molecule has 4 heteroatoms. The molecular weight excluding hydrogens is 328 g/mol. The van der Waals surface area contributed by atoms with E-state index in [0.717, 1.165) is 34.1 Å². The summed E-state index contributed by atoms with van der Waals surface area (Å²) in [6.45, 7) is 2.96. The van der Waals surface area contributed by atoms with E-state index in [1.165, 1.54) is 5.56 Å². The van der Waals surface area contributed by atoms with Gasteiger partial charge in [-0.1, -0.05) is 28.1 Å². The van der Waals surface area contributed by atoms with Gasteiger partial charge in [0.05, 0.1) is 11.8 Å². The van der Waals surface area contributed by atoms with Crippen LogP contribution in [0.1, 0.15) is 18.2 Å². The van der Waals surface area contributed by atoms with Crippen molar-refractivity contribution in [1.29, 1.82) is 0 Å². The van der Waals surface area contributed by atoms with Gasteiger partial charge in [0.1, 0.15) is 5.76 Å². The number of nitrogens with one attached hydrogen (secondary N) is 1. The fourth-order valence-corrected chi connectivity index (χ4v) is 2.88. The van der Waals surface area contributed by atoms with Crippen molar-refractivity contribution in [2.24, 2.45) is 0 Å². The second kappa shape index (κ2) is 6.41. The minimum absolute atomic E-state index is 0.346. The van der Waals surface area contributed by atoms with E-state index in [1.54, 1.807) is 6.26 Å². The third-order valence-electron chi connectivity index (χ3n) is 3.53. The molecule has 0 bridgehead atoms. The lowest BCUT2D eigenvalue weighted by molar-refractivity contribution is 0.457. The van der Waals surface area contributed by atoms with Crippen molar-refractivity contribution in [1.82, 2.24) is 10.3 Å². The van der Waals surface area contributed by atoms with Gasteiger partial charge in [-0.25, -0.2) is 0 Å². The maximum absolute atomic E-state index is 5.38. The van der Waals surface area contributed by atoms with Crippen LogP contribution in [0.2, 0.25) is 0 Å². The Morgan fingerprint density at radius 2 is 2.14 bits per heavy atom. The molecule has 0 aliphatic heterocycles. The second-order valence-electron chi connectivity index (χ2n) is 5.17. The number of hydrogen-bond donors (Lipinski definition) is 1. The van der Waals surface area contributed by atoms with Gasteiger partial charge in [-0.2, -0.15) is 0 Å². The molecule has 1 N–H and O–H groups in total. The highest BCUT2D eigenvalue weighted by Gasteiger charge is 2.08. The zero-order valence-corrected chi connectivity index (χ0v) is 13.4. The van der Waals surface area contributed by atoms with Crippen LogP contribution in [0.25, 0.3) is 10.9 Å². The minimum atomic E-state index is 0.346. The molecule has 1 aromatic carbocycles. The number of pyridine rings is 1. The molecule has 2 heterocycles. The van der Waals surface area contributed by atoms with Crippen molar-refractivity contribution >= 4 is 26.8 Å². The Hall–Kier alpha value is -1.65. The molecule has 108 valence electrons. The molecule has 0 saturated heterocycles. The molecule has 0 radical (unpaired) electrons. The first-order chi connectivity index (χ1) is 10.2. The molecule has 0 aliphatic carbocycles. The topological polar surface area (TPSA) is 38.1 Å². The van der Waals surface area contributed by atoms with E-state index >= 15 is 0 Å². The number of rotatable bonds is 5. The predicted molar refractivity (Wildman–Crippen MR) is 88.2 cm³/mol. The van der Waals surface area contributed by atoms with E-state index in [0.29, 0.717) is 6.04 Å². The van der Waals surface area contributed by atoms with Crippen LogP contribution in [0.3, 0.4) is 0 Å². The first kappa shape index (κ1) is 14.3. The van der Waals surface area contributed by atoms with E-state index in [9.17, 15) is 0 Å². The molecule has 0 amide bonds. The third kappa shape index (κ3) is 3.34. The SMILES string of the molecule is CC(Cc1ccco1)NCc1ccc(Br)c2cccnc12. The maximum Gasteiger partial charge on any atom is 0.105 e. The van der Waals surface area contributed by atoms with Crippen LogP contribution in [0.5, 0.6) is 0 Å². The Labute approximate surface area is 132 Å². The summed E-state index contributed by atoms with van der Waals surface area (Å²) < 4.78 is 6.47. The Morgan fingerprint density at radius 3 is 2.95 bits per heavy atom. The first-order valence-corrected chi connectivity index (χ1v) is 7.81. The summed E-state index contributed by atoms with van der Waals surface area (Å²) in [5.41, 5.74) is 2.25. The molecular formula is C17H17BrN2O. The van der Waals surface area contributed by atoms with Crippen LogP contribution in [0.15, 0.2) is 57.7 Å². The van der Waals surface area contributed by atoms with Gasteiger partial charge in [0.15, 0.2) is 0 Å².